The normalized spacial score (nSPS) is 13.2. The van der Waals surface area contributed by atoms with Gasteiger partial charge in [0.15, 0.2) is 5.84 Å². The van der Waals surface area contributed by atoms with E-state index in [4.69, 9.17) is 10.9 Å². The quantitative estimate of drug-likeness (QED) is 0.234. The van der Waals surface area contributed by atoms with Gasteiger partial charge >= 0.3 is 0 Å². The van der Waals surface area contributed by atoms with Gasteiger partial charge in [0.05, 0.1) is 0 Å². The van der Waals surface area contributed by atoms with Crippen LogP contribution in [0.3, 0.4) is 0 Å². The van der Waals surface area contributed by atoms with Crippen LogP contribution in [-0.4, -0.2) is 23.5 Å². The highest BCUT2D eigenvalue weighted by Gasteiger charge is 2.24. The molecule has 1 aromatic rings. The van der Waals surface area contributed by atoms with Crippen molar-refractivity contribution in [3.05, 3.63) is 35.9 Å². The van der Waals surface area contributed by atoms with Gasteiger partial charge in [-0.2, -0.15) is 0 Å². The van der Waals surface area contributed by atoms with E-state index in [2.05, 4.69) is 24.3 Å². The largest absolute Gasteiger partial charge is 0.409 e. The highest BCUT2D eigenvalue weighted by molar-refractivity contribution is 6.07. The Morgan fingerprint density at radius 3 is 2.55 bits per heavy atom. The monoisotopic (exact) mass is 277 g/mol. The number of carbonyl (C=O) groups is 1. The Morgan fingerprint density at radius 2 is 2.00 bits per heavy atom. The van der Waals surface area contributed by atoms with Gasteiger partial charge in [0.2, 0.25) is 5.91 Å². The molecule has 0 bridgehead atoms. The number of nitrogens with one attached hydrogen (secondary N) is 1. The molecular formula is C15H23N3O2. The van der Waals surface area contributed by atoms with Gasteiger partial charge in [-0.05, 0) is 24.3 Å². The number of benzene rings is 1. The molecule has 0 aromatic heterocycles. The van der Waals surface area contributed by atoms with E-state index < -0.39 is 5.92 Å². The molecule has 110 valence electrons. The summed E-state index contributed by atoms with van der Waals surface area (Å²) < 4.78 is 0. The molecule has 1 atom stereocenters. The number of hydrogen-bond donors (Lipinski definition) is 3. The molecule has 0 radical (unpaired) electrons. The number of nitrogens with two attached hydrogens (primary N) is 1. The van der Waals surface area contributed by atoms with Crippen LogP contribution >= 0.6 is 0 Å². The Hall–Kier alpha value is -2.04. The second-order valence-electron chi connectivity index (χ2n) is 5.20. The van der Waals surface area contributed by atoms with Crippen LogP contribution in [0, 0.1) is 5.92 Å². The van der Waals surface area contributed by atoms with Crippen LogP contribution in [0.15, 0.2) is 35.5 Å². The van der Waals surface area contributed by atoms with E-state index >= 15 is 0 Å². The standard InChI is InChI=1S/C15H23N3O2/c1-11(2)7-6-10-17-15(19)13(14(16)18-20)12-8-4-3-5-9-12/h3-5,8-9,11,13,20H,6-7,10H2,1-2H3,(H2,16,18)(H,17,19). The molecule has 0 fully saturated rings. The van der Waals surface area contributed by atoms with Crippen LogP contribution in [0.5, 0.6) is 0 Å². The lowest BCUT2D eigenvalue weighted by Gasteiger charge is -2.16. The lowest BCUT2D eigenvalue weighted by molar-refractivity contribution is -0.121. The first kappa shape index (κ1) is 16.0. The molecule has 5 heteroatoms. The van der Waals surface area contributed by atoms with Gasteiger partial charge in [-0.3, -0.25) is 4.79 Å². The molecule has 1 rings (SSSR count). The number of oxime groups is 1. The average molecular weight is 277 g/mol. The third kappa shape index (κ3) is 4.91. The lowest BCUT2D eigenvalue weighted by Crippen LogP contribution is -2.37. The maximum absolute atomic E-state index is 12.2. The summed E-state index contributed by atoms with van der Waals surface area (Å²) in [5.74, 6) is -0.478. The SMILES string of the molecule is CC(C)CCCNC(=O)C(C(N)=NO)c1ccccc1. The predicted molar refractivity (Wildman–Crippen MR) is 79.7 cm³/mol. The fourth-order valence-electron chi connectivity index (χ4n) is 1.98. The third-order valence-corrected chi connectivity index (χ3v) is 3.06. The van der Waals surface area contributed by atoms with E-state index in [1.54, 1.807) is 12.1 Å². The first-order valence-corrected chi connectivity index (χ1v) is 6.86. The van der Waals surface area contributed by atoms with Gasteiger partial charge < -0.3 is 16.3 Å². The number of rotatable bonds is 7. The van der Waals surface area contributed by atoms with Crippen LogP contribution in [0.4, 0.5) is 0 Å². The molecule has 0 aliphatic carbocycles. The maximum atomic E-state index is 12.2. The summed E-state index contributed by atoms with van der Waals surface area (Å²) in [6.07, 6.45) is 1.97. The minimum absolute atomic E-state index is 0.0995. The summed E-state index contributed by atoms with van der Waals surface area (Å²) in [7, 11) is 0. The van der Waals surface area contributed by atoms with E-state index in [0.29, 0.717) is 18.0 Å². The Labute approximate surface area is 119 Å². The van der Waals surface area contributed by atoms with E-state index in [-0.39, 0.29) is 11.7 Å². The Bertz CT molecular complexity index is 444. The van der Waals surface area contributed by atoms with E-state index in [9.17, 15) is 4.79 Å². The molecule has 0 saturated heterocycles. The Morgan fingerprint density at radius 1 is 1.35 bits per heavy atom. The molecule has 4 N–H and O–H groups in total. The Kier molecular flexibility index (Phi) is 6.56. The highest BCUT2D eigenvalue weighted by Crippen LogP contribution is 2.16. The van der Waals surface area contributed by atoms with Crippen LogP contribution in [-0.2, 0) is 4.79 Å². The molecular weight excluding hydrogens is 254 g/mol. The maximum Gasteiger partial charge on any atom is 0.235 e. The van der Waals surface area contributed by atoms with E-state index in [0.717, 1.165) is 12.8 Å². The van der Waals surface area contributed by atoms with Gasteiger partial charge in [-0.15, -0.1) is 0 Å². The van der Waals surface area contributed by atoms with Gasteiger partial charge in [0.1, 0.15) is 5.92 Å². The van der Waals surface area contributed by atoms with Crippen LogP contribution < -0.4 is 11.1 Å². The molecule has 0 spiro atoms. The smallest absolute Gasteiger partial charge is 0.235 e. The fraction of sp³-hybridized carbons (Fsp3) is 0.467. The molecule has 0 heterocycles. The van der Waals surface area contributed by atoms with Crippen LogP contribution in [0.1, 0.15) is 38.2 Å². The molecule has 0 saturated carbocycles. The zero-order valence-corrected chi connectivity index (χ0v) is 12.0. The van der Waals surface area contributed by atoms with Crippen molar-refractivity contribution in [2.45, 2.75) is 32.6 Å². The van der Waals surface area contributed by atoms with Crippen LogP contribution in [0.2, 0.25) is 0 Å². The second-order valence-corrected chi connectivity index (χ2v) is 5.20. The topological polar surface area (TPSA) is 87.7 Å². The number of carbonyl (C=O) groups excluding carboxylic acids is 1. The van der Waals surface area contributed by atoms with Gasteiger partial charge in [0.25, 0.3) is 0 Å². The predicted octanol–water partition coefficient (Wildman–Crippen LogP) is 2.07. The summed E-state index contributed by atoms with van der Waals surface area (Å²) in [5, 5.41) is 14.7. The molecule has 5 nitrogen and oxygen atoms in total. The average Bonchev–Trinajstić information content (AvgIpc) is 2.44. The van der Waals surface area contributed by atoms with E-state index in [1.807, 2.05) is 18.2 Å². The van der Waals surface area contributed by atoms with Crippen molar-refractivity contribution in [2.75, 3.05) is 6.54 Å². The first-order chi connectivity index (χ1) is 9.56. The summed E-state index contributed by atoms with van der Waals surface area (Å²) in [4.78, 5) is 12.2. The van der Waals surface area contributed by atoms with Crippen molar-refractivity contribution in [2.24, 2.45) is 16.8 Å². The number of hydrogen-bond acceptors (Lipinski definition) is 3. The summed E-state index contributed by atoms with van der Waals surface area (Å²) in [6.45, 7) is 4.88. The summed E-state index contributed by atoms with van der Waals surface area (Å²) >= 11 is 0. The minimum Gasteiger partial charge on any atom is -0.409 e. The van der Waals surface area contributed by atoms with E-state index in [1.165, 1.54) is 0 Å². The molecule has 1 unspecified atom stereocenters. The minimum atomic E-state index is -0.750. The molecule has 0 aliphatic rings. The molecule has 20 heavy (non-hydrogen) atoms. The highest BCUT2D eigenvalue weighted by atomic mass is 16.4. The van der Waals surface area contributed by atoms with Crippen molar-refractivity contribution in [1.29, 1.82) is 0 Å². The zero-order valence-electron chi connectivity index (χ0n) is 12.0. The fourth-order valence-corrected chi connectivity index (χ4v) is 1.98. The Balaban J connectivity index is 2.68. The summed E-state index contributed by atoms with van der Waals surface area (Å²) in [5.41, 5.74) is 6.35. The molecule has 1 aromatic carbocycles. The van der Waals surface area contributed by atoms with Crippen molar-refractivity contribution >= 4 is 11.7 Å². The summed E-state index contributed by atoms with van der Waals surface area (Å²) in [6, 6.07) is 9.07. The van der Waals surface area contributed by atoms with Crippen molar-refractivity contribution < 1.29 is 10.0 Å². The zero-order chi connectivity index (χ0) is 15.0. The second kappa shape index (κ2) is 8.19. The molecule has 1 amide bonds. The van der Waals surface area contributed by atoms with Crippen molar-refractivity contribution in [1.82, 2.24) is 5.32 Å². The van der Waals surface area contributed by atoms with Gasteiger partial charge in [-0.1, -0.05) is 49.3 Å². The molecule has 0 aliphatic heterocycles. The van der Waals surface area contributed by atoms with Gasteiger partial charge in [-0.25, -0.2) is 0 Å². The number of amides is 1. The van der Waals surface area contributed by atoms with Gasteiger partial charge in [0, 0.05) is 6.54 Å². The number of amidine groups is 1. The number of nitrogens with zero attached hydrogens (tertiary/aromatic N) is 1. The van der Waals surface area contributed by atoms with Crippen molar-refractivity contribution in [3.63, 3.8) is 0 Å². The van der Waals surface area contributed by atoms with Crippen LogP contribution in [0.25, 0.3) is 0 Å². The van der Waals surface area contributed by atoms with Crippen molar-refractivity contribution in [3.8, 4) is 0 Å². The first-order valence-electron chi connectivity index (χ1n) is 6.86. The lowest BCUT2D eigenvalue weighted by atomic mass is 9.97. The third-order valence-electron chi connectivity index (χ3n) is 3.06.